The number of carbonyl (C=O) groups is 3. The van der Waals surface area contributed by atoms with Crippen LogP contribution in [0.2, 0.25) is 0 Å². The van der Waals surface area contributed by atoms with E-state index in [1.54, 1.807) is 30.3 Å². The van der Waals surface area contributed by atoms with Gasteiger partial charge in [0.1, 0.15) is 11.5 Å². The maximum Gasteiger partial charge on any atom is 0.320 e. The summed E-state index contributed by atoms with van der Waals surface area (Å²) in [6, 6.07) is 45.5. The number of phenols is 2. The number of carbonyl (C=O) groups excluding carboxylic acids is 2. The van der Waals surface area contributed by atoms with E-state index in [9.17, 15) is 19.5 Å². The van der Waals surface area contributed by atoms with E-state index in [2.05, 4.69) is 103 Å². The Labute approximate surface area is 422 Å². The van der Waals surface area contributed by atoms with E-state index in [-0.39, 0.29) is 37.3 Å². The van der Waals surface area contributed by atoms with Crippen LogP contribution in [-0.4, -0.2) is 167 Å². The number of benzene rings is 5. The maximum atomic E-state index is 12.1. The number of carboxylic acids is 1. The lowest BCUT2D eigenvalue weighted by atomic mass is 10.2. The summed E-state index contributed by atoms with van der Waals surface area (Å²) in [7, 11) is 0. The molecule has 0 atom stereocenters. The first-order valence-electron chi connectivity index (χ1n) is 24.4. The Morgan fingerprint density at radius 3 is 1.18 bits per heavy atom. The number of aromatic hydroxyl groups is 2. The molecule has 0 aliphatic carbocycles. The summed E-state index contributed by atoms with van der Waals surface area (Å²) in [5, 5.41) is 30.4. The SMILES string of the molecule is C.CCOC(=O)CN1CCN(Cc2ccccc2)CC1.NCc1ccccc1O.O=C(CN1CCN(Cc2ccccc2)CC1)NCc1ccccc1O.O=C(O)CN1CCN(Cc2ccccc2)CC1. The Kier molecular flexibility index (Phi) is 26.4. The number of amides is 1. The molecule has 0 radical (unpaired) electrons. The molecule has 3 fully saturated rings. The Balaban J connectivity index is 0.000000215. The van der Waals surface area contributed by atoms with Gasteiger partial charge in [0, 0.05) is 122 Å². The van der Waals surface area contributed by atoms with Crippen molar-refractivity contribution in [2.75, 3.05) is 105 Å². The van der Waals surface area contributed by atoms with Gasteiger partial charge >= 0.3 is 11.9 Å². The second-order valence-corrected chi connectivity index (χ2v) is 17.6. The number of esters is 1. The zero-order valence-electron chi connectivity index (χ0n) is 40.9. The molecule has 384 valence electrons. The van der Waals surface area contributed by atoms with Crippen molar-refractivity contribution in [1.29, 1.82) is 0 Å². The molecule has 15 heteroatoms. The average Bonchev–Trinajstić information content (AvgIpc) is 3.37. The number of nitrogens with zero attached hydrogens (tertiary/aromatic N) is 6. The van der Waals surface area contributed by atoms with E-state index in [0.717, 1.165) is 109 Å². The minimum Gasteiger partial charge on any atom is -0.508 e. The predicted molar refractivity (Wildman–Crippen MR) is 281 cm³/mol. The third kappa shape index (κ3) is 22.6. The van der Waals surface area contributed by atoms with Crippen LogP contribution in [0.25, 0.3) is 0 Å². The van der Waals surface area contributed by atoms with Gasteiger partial charge in [-0.3, -0.25) is 43.8 Å². The highest BCUT2D eigenvalue weighted by molar-refractivity contribution is 5.78. The van der Waals surface area contributed by atoms with E-state index in [0.29, 0.717) is 32.8 Å². The van der Waals surface area contributed by atoms with Crippen molar-refractivity contribution >= 4 is 17.8 Å². The molecule has 0 aromatic heterocycles. The van der Waals surface area contributed by atoms with Gasteiger partial charge in [0.15, 0.2) is 0 Å². The number of hydrogen-bond donors (Lipinski definition) is 5. The molecule has 5 aromatic carbocycles. The summed E-state index contributed by atoms with van der Waals surface area (Å²) in [6.07, 6.45) is 0. The fourth-order valence-corrected chi connectivity index (χ4v) is 8.22. The number of nitrogens with two attached hydrogens (primary N) is 1. The number of piperazine rings is 3. The third-order valence-corrected chi connectivity index (χ3v) is 12.2. The molecule has 8 rings (SSSR count). The predicted octanol–water partition coefficient (Wildman–Crippen LogP) is 5.57. The van der Waals surface area contributed by atoms with Crippen LogP contribution in [0.15, 0.2) is 140 Å². The molecule has 0 bridgehead atoms. The van der Waals surface area contributed by atoms with Gasteiger partial charge in [-0.1, -0.05) is 135 Å². The number of phenolic OH excluding ortho intramolecular Hbond substituents is 2. The van der Waals surface area contributed by atoms with E-state index in [1.807, 2.05) is 48.2 Å². The lowest BCUT2D eigenvalue weighted by Gasteiger charge is -2.34. The number of ether oxygens (including phenoxy) is 1. The summed E-state index contributed by atoms with van der Waals surface area (Å²) in [4.78, 5) is 47.7. The van der Waals surface area contributed by atoms with Crippen molar-refractivity contribution in [3.8, 4) is 11.5 Å². The van der Waals surface area contributed by atoms with Crippen LogP contribution in [0.1, 0.15) is 42.2 Å². The zero-order valence-corrected chi connectivity index (χ0v) is 40.9. The molecule has 3 saturated heterocycles. The molecule has 71 heavy (non-hydrogen) atoms. The summed E-state index contributed by atoms with van der Waals surface area (Å²) in [5.74, 6) is -0.349. The van der Waals surface area contributed by atoms with Gasteiger partial charge in [0.05, 0.1) is 26.2 Å². The summed E-state index contributed by atoms with van der Waals surface area (Å²) < 4.78 is 4.97. The van der Waals surface area contributed by atoms with E-state index >= 15 is 0 Å². The molecule has 6 N–H and O–H groups in total. The molecular formula is C56H78N8O7. The minimum atomic E-state index is -0.735. The van der Waals surface area contributed by atoms with Crippen molar-refractivity contribution in [1.82, 2.24) is 34.7 Å². The van der Waals surface area contributed by atoms with Gasteiger partial charge < -0.3 is 31.1 Å². The first-order chi connectivity index (χ1) is 34.1. The lowest BCUT2D eigenvalue weighted by Crippen LogP contribution is -2.49. The number of para-hydroxylation sites is 2. The van der Waals surface area contributed by atoms with Gasteiger partial charge in [-0.05, 0) is 35.7 Å². The van der Waals surface area contributed by atoms with E-state index in [4.69, 9.17) is 20.7 Å². The molecule has 0 unspecified atom stereocenters. The molecule has 0 spiro atoms. The molecule has 5 aromatic rings. The Morgan fingerprint density at radius 1 is 0.493 bits per heavy atom. The normalized spacial score (nSPS) is 15.7. The molecule has 15 nitrogen and oxygen atoms in total. The van der Waals surface area contributed by atoms with E-state index in [1.165, 1.54) is 16.7 Å². The molecule has 3 aliphatic rings. The van der Waals surface area contributed by atoms with Crippen molar-refractivity contribution in [2.24, 2.45) is 5.73 Å². The average molecular weight is 975 g/mol. The van der Waals surface area contributed by atoms with Crippen molar-refractivity contribution in [2.45, 2.75) is 47.1 Å². The van der Waals surface area contributed by atoms with Gasteiger partial charge in [0.2, 0.25) is 5.91 Å². The van der Waals surface area contributed by atoms with Gasteiger partial charge in [-0.2, -0.15) is 0 Å². The Hall–Kier alpha value is -6.17. The highest BCUT2D eigenvalue weighted by Crippen LogP contribution is 2.16. The molecular weight excluding hydrogens is 897 g/mol. The second kappa shape index (κ2) is 32.7. The van der Waals surface area contributed by atoms with Crippen LogP contribution in [0, 0.1) is 0 Å². The van der Waals surface area contributed by atoms with Crippen LogP contribution in [0.5, 0.6) is 11.5 Å². The zero-order chi connectivity index (χ0) is 49.8. The standard InChI is InChI=1S/C20H25N3O2.C15H22N2O2.C13H18N2O2.C7H9NO.CH4/c24-19-9-5-4-8-18(19)14-21-20(25)16-23-12-10-22(11-13-23)15-17-6-2-1-3-7-17;1-2-19-15(18)13-17-10-8-16(9-11-17)12-14-6-4-3-5-7-14;16-13(17)11-15-8-6-14(7-9-15)10-12-4-2-1-3-5-12;8-5-6-3-1-2-4-7(6)9;/h1-9,24H,10-16H2,(H,21,25);3-7H,2,8-13H2,1H3;1-5H,6-11H2,(H,16,17);1-4,9H,5,8H2;1H4. The van der Waals surface area contributed by atoms with Crippen molar-refractivity contribution in [3.63, 3.8) is 0 Å². The highest BCUT2D eigenvalue weighted by atomic mass is 16.5. The van der Waals surface area contributed by atoms with Crippen LogP contribution in [-0.2, 0) is 51.8 Å². The number of nitrogens with one attached hydrogen (secondary N) is 1. The van der Waals surface area contributed by atoms with Gasteiger partial charge in [-0.15, -0.1) is 0 Å². The fourth-order valence-electron chi connectivity index (χ4n) is 8.22. The van der Waals surface area contributed by atoms with Crippen LogP contribution in [0.4, 0.5) is 0 Å². The van der Waals surface area contributed by atoms with Crippen LogP contribution in [0.3, 0.4) is 0 Å². The topological polar surface area (TPSA) is 179 Å². The van der Waals surface area contributed by atoms with E-state index < -0.39 is 5.97 Å². The first kappa shape index (κ1) is 57.4. The van der Waals surface area contributed by atoms with Crippen molar-refractivity contribution < 1.29 is 34.4 Å². The smallest absolute Gasteiger partial charge is 0.320 e. The van der Waals surface area contributed by atoms with Crippen LogP contribution >= 0.6 is 0 Å². The Bertz CT molecular complexity index is 2230. The summed E-state index contributed by atoms with van der Waals surface area (Å²) in [6.45, 7) is 18.2. The first-order valence-corrected chi connectivity index (χ1v) is 24.4. The molecule has 0 saturated carbocycles. The quantitative estimate of drug-likeness (QED) is 0.0776. The third-order valence-electron chi connectivity index (χ3n) is 12.2. The van der Waals surface area contributed by atoms with Gasteiger partial charge in [-0.25, -0.2) is 0 Å². The fraction of sp³-hybridized carbons (Fsp3) is 0.411. The summed E-state index contributed by atoms with van der Waals surface area (Å²) >= 11 is 0. The van der Waals surface area contributed by atoms with Crippen LogP contribution < -0.4 is 11.1 Å². The highest BCUT2D eigenvalue weighted by Gasteiger charge is 2.21. The minimum absolute atomic E-state index is 0. The number of carboxylic acid groups (broad SMARTS) is 1. The largest absolute Gasteiger partial charge is 0.508 e. The maximum absolute atomic E-state index is 12.1. The number of rotatable bonds is 16. The van der Waals surface area contributed by atoms with Crippen molar-refractivity contribution in [3.05, 3.63) is 167 Å². The monoisotopic (exact) mass is 975 g/mol. The molecule has 3 heterocycles. The Morgan fingerprint density at radius 2 is 0.831 bits per heavy atom. The number of hydrogen-bond acceptors (Lipinski definition) is 13. The van der Waals surface area contributed by atoms with Gasteiger partial charge in [0.25, 0.3) is 0 Å². The lowest BCUT2D eigenvalue weighted by molar-refractivity contribution is -0.145. The second-order valence-electron chi connectivity index (χ2n) is 17.6. The molecule has 1 amide bonds. The molecule has 3 aliphatic heterocycles. The summed E-state index contributed by atoms with van der Waals surface area (Å²) in [5.41, 5.74) is 10.8. The number of aliphatic carboxylic acids is 1.